The molecule has 3 aromatic rings. The molecule has 0 aromatic heterocycles. The number of anilines is 1. The van der Waals surface area contributed by atoms with Gasteiger partial charge in [0.25, 0.3) is 0 Å². The highest BCUT2D eigenvalue weighted by Gasteiger charge is 2.25. The molecular formula is C19H14ClNO. The predicted octanol–water partition coefficient (Wildman–Crippen LogP) is 5.51. The molecule has 108 valence electrons. The highest BCUT2D eigenvalue weighted by Crippen LogP contribution is 2.42. The second-order valence-corrected chi connectivity index (χ2v) is 5.67. The van der Waals surface area contributed by atoms with Gasteiger partial charge in [-0.1, -0.05) is 54.1 Å². The van der Waals surface area contributed by atoms with Crippen molar-refractivity contribution in [2.24, 2.45) is 0 Å². The number of ether oxygens (including phenoxy) is 1. The zero-order valence-corrected chi connectivity index (χ0v) is 12.5. The third-order valence-electron chi connectivity index (χ3n) is 3.81. The van der Waals surface area contributed by atoms with E-state index in [0.717, 1.165) is 27.6 Å². The molecule has 1 atom stereocenters. The zero-order valence-electron chi connectivity index (χ0n) is 11.8. The van der Waals surface area contributed by atoms with Crippen LogP contribution in [0.1, 0.15) is 11.8 Å². The first-order valence-electron chi connectivity index (χ1n) is 7.18. The second kappa shape index (κ2) is 5.39. The van der Waals surface area contributed by atoms with Gasteiger partial charge in [-0.25, -0.2) is 0 Å². The van der Waals surface area contributed by atoms with Gasteiger partial charge in [0.1, 0.15) is 5.75 Å². The fourth-order valence-corrected chi connectivity index (χ4v) is 2.88. The van der Waals surface area contributed by atoms with Gasteiger partial charge in [-0.3, -0.25) is 0 Å². The van der Waals surface area contributed by atoms with Crippen molar-refractivity contribution in [2.75, 3.05) is 5.32 Å². The fraction of sp³-hybridized carbons (Fsp3) is 0.0526. The Labute approximate surface area is 134 Å². The smallest absolute Gasteiger partial charge is 0.197 e. The molecule has 1 aliphatic heterocycles. The van der Waals surface area contributed by atoms with Gasteiger partial charge in [0.05, 0.1) is 0 Å². The SMILES string of the molecule is Clc1ccc(NC2Oc3ccccc3-c3ccccc32)cc1. The molecule has 3 heteroatoms. The van der Waals surface area contributed by atoms with Crippen LogP contribution in [0.5, 0.6) is 5.75 Å². The molecule has 0 aliphatic carbocycles. The van der Waals surface area contributed by atoms with Gasteiger partial charge in [-0.05, 0) is 35.9 Å². The van der Waals surface area contributed by atoms with Crippen molar-refractivity contribution in [3.05, 3.63) is 83.4 Å². The molecule has 22 heavy (non-hydrogen) atoms. The van der Waals surface area contributed by atoms with Crippen LogP contribution in [0, 0.1) is 0 Å². The summed E-state index contributed by atoms with van der Waals surface area (Å²) < 4.78 is 6.15. The number of nitrogens with one attached hydrogen (secondary N) is 1. The Kier molecular flexibility index (Phi) is 3.24. The number of fused-ring (bicyclic) bond motifs is 3. The predicted molar refractivity (Wildman–Crippen MR) is 90.3 cm³/mol. The first-order valence-corrected chi connectivity index (χ1v) is 7.56. The summed E-state index contributed by atoms with van der Waals surface area (Å²) in [6.45, 7) is 0. The first kappa shape index (κ1) is 13.2. The van der Waals surface area contributed by atoms with Crippen LogP contribution < -0.4 is 10.1 Å². The summed E-state index contributed by atoms with van der Waals surface area (Å²) in [5.41, 5.74) is 4.45. The molecule has 0 bridgehead atoms. The average molecular weight is 308 g/mol. The number of hydrogen-bond donors (Lipinski definition) is 1. The largest absolute Gasteiger partial charge is 0.466 e. The molecule has 0 amide bonds. The lowest BCUT2D eigenvalue weighted by atomic mass is 9.95. The van der Waals surface area contributed by atoms with Crippen LogP contribution in [0.2, 0.25) is 5.02 Å². The van der Waals surface area contributed by atoms with Crippen molar-refractivity contribution >= 4 is 17.3 Å². The van der Waals surface area contributed by atoms with E-state index in [9.17, 15) is 0 Å². The van der Waals surface area contributed by atoms with E-state index < -0.39 is 0 Å². The van der Waals surface area contributed by atoms with Gasteiger partial charge in [0.15, 0.2) is 6.23 Å². The summed E-state index contributed by atoms with van der Waals surface area (Å²) in [5.74, 6) is 0.896. The minimum absolute atomic E-state index is 0.215. The molecule has 0 fully saturated rings. The summed E-state index contributed by atoms with van der Waals surface area (Å²) in [7, 11) is 0. The quantitative estimate of drug-likeness (QED) is 0.674. The monoisotopic (exact) mass is 307 g/mol. The molecule has 0 spiro atoms. The lowest BCUT2D eigenvalue weighted by Crippen LogP contribution is -2.21. The Bertz CT molecular complexity index is 814. The van der Waals surface area contributed by atoms with Crippen molar-refractivity contribution < 1.29 is 4.74 Å². The van der Waals surface area contributed by atoms with Gasteiger partial charge in [0.2, 0.25) is 0 Å². The molecule has 1 aliphatic rings. The standard InChI is InChI=1S/C19H14ClNO/c20-13-9-11-14(12-10-13)21-19-17-7-2-1-5-15(17)16-6-3-4-8-18(16)22-19/h1-12,19,21H. The van der Waals surface area contributed by atoms with Gasteiger partial charge >= 0.3 is 0 Å². The molecule has 4 rings (SSSR count). The highest BCUT2D eigenvalue weighted by molar-refractivity contribution is 6.30. The highest BCUT2D eigenvalue weighted by atomic mass is 35.5. The molecule has 0 radical (unpaired) electrons. The van der Waals surface area contributed by atoms with Crippen LogP contribution in [-0.2, 0) is 0 Å². The van der Waals surface area contributed by atoms with E-state index in [-0.39, 0.29) is 6.23 Å². The van der Waals surface area contributed by atoms with E-state index in [2.05, 4.69) is 29.6 Å². The maximum atomic E-state index is 6.15. The Morgan fingerprint density at radius 3 is 2.27 bits per heavy atom. The molecule has 1 N–H and O–H groups in total. The van der Waals surface area contributed by atoms with Crippen LogP contribution in [-0.4, -0.2) is 0 Å². The van der Waals surface area contributed by atoms with Gasteiger partial charge in [0, 0.05) is 21.8 Å². The molecule has 0 saturated heterocycles. The summed E-state index contributed by atoms with van der Waals surface area (Å²) in [4.78, 5) is 0. The van der Waals surface area contributed by atoms with E-state index >= 15 is 0 Å². The van der Waals surface area contributed by atoms with E-state index in [1.54, 1.807) is 0 Å². The second-order valence-electron chi connectivity index (χ2n) is 5.23. The van der Waals surface area contributed by atoms with Crippen molar-refractivity contribution in [2.45, 2.75) is 6.23 Å². The number of hydrogen-bond acceptors (Lipinski definition) is 2. The average Bonchev–Trinajstić information content (AvgIpc) is 2.57. The van der Waals surface area contributed by atoms with Gasteiger partial charge < -0.3 is 10.1 Å². The summed E-state index contributed by atoms with van der Waals surface area (Å²) in [5, 5.41) is 4.15. The normalized spacial score (nSPS) is 15.4. The molecule has 1 unspecified atom stereocenters. The number of benzene rings is 3. The summed E-state index contributed by atoms with van der Waals surface area (Å²) >= 11 is 5.94. The maximum absolute atomic E-state index is 6.15. The minimum atomic E-state index is -0.215. The summed E-state index contributed by atoms with van der Waals surface area (Å²) in [6, 6.07) is 24.1. The zero-order chi connectivity index (χ0) is 14.9. The molecule has 3 aromatic carbocycles. The van der Waals surface area contributed by atoms with E-state index in [1.807, 2.05) is 48.5 Å². The summed E-state index contributed by atoms with van der Waals surface area (Å²) in [6.07, 6.45) is -0.215. The first-order chi connectivity index (χ1) is 10.8. The van der Waals surface area contributed by atoms with Crippen molar-refractivity contribution in [1.82, 2.24) is 0 Å². The molecule has 0 saturated carbocycles. The van der Waals surface area contributed by atoms with Crippen LogP contribution >= 0.6 is 11.6 Å². The number of halogens is 1. The van der Waals surface area contributed by atoms with Crippen LogP contribution in [0.15, 0.2) is 72.8 Å². The van der Waals surface area contributed by atoms with Crippen molar-refractivity contribution in [3.8, 4) is 16.9 Å². The van der Waals surface area contributed by atoms with Crippen molar-refractivity contribution in [3.63, 3.8) is 0 Å². The van der Waals surface area contributed by atoms with E-state index in [4.69, 9.17) is 16.3 Å². The topological polar surface area (TPSA) is 21.3 Å². The van der Waals surface area contributed by atoms with Crippen molar-refractivity contribution in [1.29, 1.82) is 0 Å². The van der Waals surface area contributed by atoms with Crippen LogP contribution in [0.3, 0.4) is 0 Å². The number of rotatable bonds is 2. The van der Waals surface area contributed by atoms with Gasteiger partial charge in [-0.15, -0.1) is 0 Å². The van der Waals surface area contributed by atoms with E-state index in [1.165, 1.54) is 5.56 Å². The van der Waals surface area contributed by atoms with E-state index in [0.29, 0.717) is 0 Å². The molecule has 2 nitrogen and oxygen atoms in total. The lowest BCUT2D eigenvalue weighted by Gasteiger charge is -2.29. The molecular weight excluding hydrogens is 294 g/mol. The lowest BCUT2D eigenvalue weighted by molar-refractivity contribution is 0.232. The van der Waals surface area contributed by atoms with Gasteiger partial charge in [-0.2, -0.15) is 0 Å². The minimum Gasteiger partial charge on any atom is -0.466 e. The Morgan fingerprint density at radius 2 is 1.45 bits per heavy atom. The third kappa shape index (κ3) is 2.32. The third-order valence-corrected chi connectivity index (χ3v) is 4.06. The fourth-order valence-electron chi connectivity index (χ4n) is 2.76. The maximum Gasteiger partial charge on any atom is 0.197 e. The molecule has 1 heterocycles. The Balaban J connectivity index is 1.74. The van der Waals surface area contributed by atoms with Crippen LogP contribution in [0.4, 0.5) is 5.69 Å². The number of para-hydroxylation sites is 1. The Morgan fingerprint density at radius 1 is 0.773 bits per heavy atom. The van der Waals surface area contributed by atoms with Crippen LogP contribution in [0.25, 0.3) is 11.1 Å². The Hall–Kier alpha value is -2.45.